The first-order chi connectivity index (χ1) is 14.0. The molecule has 1 unspecified atom stereocenters. The maximum atomic E-state index is 13.0. The Bertz CT molecular complexity index is 1030. The lowest BCUT2D eigenvalue weighted by atomic mass is 10.2. The molecule has 0 radical (unpaired) electrons. The highest BCUT2D eigenvalue weighted by Crippen LogP contribution is 2.15. The number of ether oxygens (including phenoxy) is 2. The van der Waals surface area contributed by atoms with Crippen LogP contribution in [0.5, 0.6) is 5.75 Å². The van der Waals surface area contributed by atoms with E-state index in [9.17, 15) is 9.59 Å². The SMILES string of the molecule is COCCN(Cc1nc2ccccc2c(=O)[nH]1)C(=O)C(C)Oc1ccc(C)cc1. The number of aromatic amines is 1. The smallest absolute Gasteiger partial charge is 0.263 e. The molecule has 1 atom stereocenters. The first-order valence-electron chi connectivity index (χ1n) is 9.47. The number of H-pyrrole nitrogens is 1. The van der Waals surface area contributed by atoms with E-state index in [0.717, 1.165) is 5.56 Å². The summed E-state index contributed by atoms with van der Waals surface area (Å²) >= 11 is 0. The highest BCUT2D eigenvalue weighted by atomic mass is 16.5. The van der Waals surface area contributed by atoms with E-state index in [1.54, 1.807) is 37.1 Å². The molecule has 0 spiro atoms. The summed E-state index contributed by atoms with van der Waals surface area (Å²) in [5.41, 5.74) is 1.48. The van der Waals surface area contributed by atoms with Gasteiger partial charge in [-0.05, 0) is 38.1 Å². The maximum Gasteiger partial charge on any atom is 0.263 e. The number of benzene rings is 2. The Morgan fingerprint density at radius 1 is 1.17 bits per heavy atom. The van der Waals surface area contributed by atoms with Crippen molar-refractivity contribution in [1.29, 1.82) is 0 Å². The van der Waals surface area contributed by atoms with Gasteiger partial charge in [-0.25, -0.2) is 4.98 Å². The molecule has 152 valence electrons. The zero-order chi connectivity index (χ0) is 20.8. The van der Waals surface area contributed by atoms with Gasteiger partial charge in [0.1, 0.15) is 11.6 Å². The van der Waals surface area contributed by atoms with Crippen LogP contribution in [0.15, 0.2) is 53.3 Å². The summed E-state index contributed by atoms with van der Waals surface area (Å²) in [6.07, 6.45) is -0.693. The van der Waals surface area contributed by atoms with Crippen LogP contribution < -0.4 is 10.3 Å². The molecule has 1 amide bonds. The third-order valence-corrected chi connectivity index (χ3v) is 4.56. The topological polar surface area (TPSA) is 84.5 Å². The molecule has 1 aromatic heterocycles. The zero-order valence-corrected chi connectivity index (χ0v) is 16.8. The molecule has 1 heterocycles. The highest BCUT2D eigenvalue weighted by molar-refractivity contribution is 5.81. The van der Waals surface area contributed by atoms with Crippen molar-refractivity contribution in [3.05, 3.63) is 70.3 Å². The molecule has 7 nitrogen and oxygen atoms in total. The number of fused-ring (bicyclic) bond motifs is 1. The van der Waals surface area contributed by atoms with Crippen molar-refractivity contribution in [2.24, 2.45) is 0 Å². The fourth-order valence-electron chi connectivity index (χ4n) is 2.99. The fourth-order valence-corrected chi connectivity index (χ4v) is 2.99. The van der Waals surface area contributed by atoms with E-state index in [4.69, 9.17) is 9.47 Å². The second-order valence-corrected chi connectivity index (χ2v) is 6.86. The monoisotopic (exact) mass is 395 g/mol. The molecule has 0 aliphatic carbocycles. The Kier molecular flexibility index (Phi) is 6.61. The number of aromatic nitrogens is 2. The molecule has 3 aromatic rings. The van der Waals surface area contributed by atoms with Crippen molar-refractivity contribution >= 4 is 16.8 Å². The van der Waals surface area contributed by atoms with Gasteiger partial charge in [-0.3, -0.25) is 9.59 Å². The van der Waals surface area contributed by atoms with E-state index in [1.807, 2.05) is 37.3 Å². The van der Waals surface area contributed by atoms with Gasteiger partial charge in [-0.2, -0.15) is 0 Å². The summed E-state index contributed by atoms with van der Waals surface area (Å²) in [6, 6.07) is 14.6. The summed E-state index contributed by atoms with van der Waals surface area (Å²) in [5.74, 6) is 0.833. The Morgan fingerprint density at radius 2 is 1.90 bits per heavy atom. The predicted molar refractivity (Wildman–Crippen MR) is 111 cm³/mol. The molecule has 0 saturated carbocycles. The van der Waals surface area contributed by atoms with Gasteiger partial charge in [0.15, 0.2) is 6.10 Å². The zero-order valence-electron chi connectivity index (χ0n) is 16.8. The predicted octanol–water partition coefficient (Wildman–Crippen LogP) is 2.67. The number of carbonyl (C=O) groups is 1. The highest BCUT2D eigenvalue weighted by Gasteiger charge is 2.23. The number of aryl methyl sites for hydroxylation is 1. The van der Waals surface area contributed by atoms with Gasteiger partial charge >= 0.3 is 0 Å². The van der Waals surface area contributed by atoms with Crippen molar-refractivity contribution in [3.8, 4) is 5.75 Å². The minimum absolute atomic E-state index is 0.157. The number of carbonyl (C=O) groups excluding carboxylic acids is 1. The maximum absolute atomic E-state index is 13.0. The van der Waals surface area contributed by atoms with E-state index in [0.29, 0.717) is 35.6 Å². The van der Waals surface area contributed by atoms with Gasteiger partial charge in [0, 0.05) is 13.7 Å². The lowest BCUT2D eigenvalue weighted by Gasteiger charge is -2.25. The lowest BCUT2D eigenvalue weighted by Crippen LogP contribution is -2.42. The van der Waals surface area contributed by atoms with Gasteiger partial charge < -0.3 is 19.4 Å². The van der Waals surface area contributed by atoms with Crippen molar-refractivity contribution in [2.45, 2.75) is 26.5 Å². The van der Waals surface area contributed by atoms with E-state index in [-0.39, 0.29) is 18.0 Å². The number of methoxy groups -OCH3 is 1. The molecule has 2 aromatic carbocycles. The van der Waals surface area contributed by atoms with Crippen LogP contribution in [0.2, 0.25) is 0 Å². The molecule has 0 saturated heterocycles. The van der Waals surface area contributed by atoms with Crippen LogP contribution in [0.1, 0.15) is 18.3 Å². The molecule has 1 N–H and O–H groups in total. The minimum Gasteiger partial charge on any atom is -0.481 e. The van der Waals surface area contributed by atoms with Gasteiger partial charge in [-0.1, -0.05) is 29.8 Å². The molecule has 0 bridgehead atoms. The number of amides is 1. The Hall–Kier alpha value is -3.19. The van der Waals surface area contributed by atoms with Crippen LogP contribution in [0, 0.1) is 6.92 Å². The Balaban J connectivity index is 1.78. The van der Waals surface area contributed by atoms with Crippen molar-refractivity contribution < 1.29 is 14.3 Å². The number of nitrogens with zero attached hydrogens (tertiary/aromatic N) is 2. The van der Waals surface area contributed by atoms with Crippen LogP contribution >= 0.6 is 0 Å². The van der Waals surface area contributed by atoms with Gasteiger partial charge in [0.2, 0.25) is 0 Å². The molecule has 0 aliphatic heterocycles. The van der Waals surface area contributed by atoms with Crippen LogP contribution in [0.25, 0.3) is 10.9 Å². The van der Waals surface area contributed by atoms with Crippen molar-refractivity contribution in [1.82, 2.24) is 14.9 Å². The number of para-hydroxylation sites is 1. The molecular formula is C22H25N3O4. The number of nitrogens with one attached hydrogen (secondary N) is 1. The van der Waals surface area contributed by atoms with Gasteiger partial charge in [-0.15, -0.1) is 0 Å². The number of rotatable bonds is 8. The summed E-state index contributed by atoms with van der Waals surface area (Å²) in [4.78, 5) is 34.1. The van der Waals surface area contributed by atoms with E-state index in [2.05, 4.69) is 9.97 Å². The number of hydrogen-bond acceptors (Lipinski definition) is 5. The molecule has 7 heteroatoms. The first-order valence-corrected chi connectivity index (χ1v) is 9.47. The quantitative estimate of drug-likeness (QED) is 0.634. The summed E-state index contributed by atoms with van der Waals surface area (Å²) in [6.45, 7) is 4.57. The lowest BCUT2D eigenvalue weighted by molar-refractivity contribution is -0.139. The molecule has 0 aliphatic rings. The summed E-state index contributed by atoms with van der Waals surface area (Å²) in [5, 5.41) is 0.516. The van der Waals surface area contributed by atoms with E-state index >= 15 is 0 Å². The standard InChI is InChI=1S/C22H25N3O4/c1-15-8-10-17(11-9-15)29-16(2)22(27)25(12-13-28-3)14-20-23-19-7-5-4-6-18(19)21(26)24-20/h4-11,16H,12-14H2,1-3H3,(H,23,24,26). The van der Waals surface area contributed by atoms with E-state index < -0.39 is 6.10 Å². The van der Waals surface area contributed by atoms with Gasteiger partial charge in [0.25, 0.3) is 11.5 Å². The van der Waals surface area contributed by atoms with Crippen LogP contribution in [0.3, 0.4) is 0 Å². The largest absolute Gasteiger partial charge is 0.481 e. The van der Waals surface area contributed by atoms with Gasteiger partial charge in [0.05, 0.1) is 24.1 Å². The van der Waals surface area contributed by atoms with Crippen LogP contribution in [0.4, 0.5) is 0 Å². The molecule has 29 heavy (non-hydrogen) atoms. The van der Waals surface area contributed by atoms with Crippen LogP contribution in [-0.4, -0.2) is 47.1 Å². The second-order valence-electron chi connectivity index (χ2n) is 6.86. The Labute approximate surface area is 169 Å². The summed E-state index contributed by atoms with van der Waals surface area (Å²) < 4.78 is 10.9. The third kappa shape index (κ3) is 5.20. The number of hydrogen-bond donors (Lipinski definition) is 1. The average molecular weight is 395 g/mol. The Morgan fingerprint density at radius 3 is 2.62 bits per heavy atom. The average Bonchev–Trinajstić information content (AvgIpc) is 2.72. The van der Waals surface area contributed by atoms with Crippen LogP contribution in [-0.2, 0) is 16.1 Å². The molecule has 3 rings (SSSR count). The fraction of sp³-hybridized carbons (Fsp3) is 0.318. The molecule has 0 fully saturated rings. The van der Waals surface area contributed by atoms with E-state index in [1.165, 1.54) is 0 Å². The third-order valence-electron chi connectivity index (χ3n) is 4.56. The van der Waals surface area contributed by atoms with Crippen molar-refractivity contribution in [3.63, 3.8) is 0 Å². The summed E-state index contributed by atoms with van der Waals surface area (Å²) in [7, 11) is 1.57. The normalized spacial score (nSPS) is 12.0. The molecular weight excluding hydrogens is 370 g/mol. The first kappa shape index (κ1) is 20.5. The second kappa shape index (κ2) is 9.34. The van der Waals surface area contributed by atoms with Crippen molar-refractivity contribution in [2.75, 3.05) is 20.3 Å². The minimum atomic E-state index is -0.693.